The first-order valence-electron chi connectivity index (χ1n) is 7.65. The van der Waals surface area contributed by atoms with Gasteiger partial charge in [-0.3, -0.25) is 14.7 Å². The number of aromatic nitrogens is 4. The van der Waals surface area contributed by atoms with Crippen molar-refractivity contribution < 1.29 is 9.32 Å². The first-order valence-corrected chi connectivity index (χ1v) is 7.65. The molecule has 1 aliphatic heterocycles. The summed E-state index contributed by atoms with van der Waals surface area (Å²) in [5.41, 5.74) is 0.318. The van der Waals surface area contributed by atoms with Crippen molar-refractivity contribution in [3.05, 3.63) is 36.0 Å². The third-order valence-corrected chi connectivity index (χ3v) is 3.94. The van der Waals surface area contributed by atoms with E-state index in [4.69, 9.17) is 4.52 Å². The Kier molecular flexibility index (Phi) is 4.33. The van der Waals surface area contributed by atoms with Crippen molar-refractivity contribution in [1.82, 2.24) is 30.3 Å². The molecule has 1 fully saturated rings. The molecule has 8 heteroatoms. The fourth-order valence-electron chi connectivity index (χ4n) is 2.69. The van der Waals surface area contributed by atoms with E-state index in [-0.39, 0.29) is 23.9 Å². The Morgan fingerprint density at radius 3 is 2.91 bits per heavy atom. The highest BCUT2D eigenvalue weighted by Gasteiger charge is 2.35. The highest BCUT2D eigenvalue weighted by molar-refractivity contribution is 5.92. The zero-order valence-electron chi connectivity index (χ0n) is 13.4. The Hall–Kier alpha value is -2.35. The largest absolute Gasteiger partial charge is 0.347 e. The van der Waals surface area contributed by atoms with Crippen LogP contribution >= 0.6 is 0 Å². The van der Waals surface area contributed by atoms with Crippen LogP contribution in [0.25, 0.3) is 0 Å². The average Bonchev–Trinajstić information content (AvgIpc) is 3.15. The summed E-state index contributed by atoms with van der Waals surface area (Å²) in [4.78, 5) is 26.7. The molecule has 0 spiro atoms. The zero-order chi connectivity index (χ0) is 16.4. The summed E-state index contributed by atoms with van der Waals surface area (Å²) in [6.07, 6.45) is 5.23. The smallest absolute Gasteiger partial charge is 0.271 e. The standard InChI is InChI=1S/C15H20N6O2/c1-9(2)13-19-15(23-20-13)12-6-10(8-21(12)3)18-14(22)11-7-16-4-5-17-11/h4-5,7,9-10,12H,6,8H2,1-3H3,(H,18,22). The van der Waals surface area contributed by atoms with E-state index in [1.165, 1.54) is 18.6 Å². The van der Waals surface area contributed by atoms with Crippen molar-refractivity contribution in [1.29, 1.82) is 0 Å². The van der Waals surface area contributed by atoms with Crippen LogP contribution < -0.4 is 5.32 Å². The molecule has 2 aromatic rings. The van der Waals surface area contributed by atoms with E-state index >= 15 is 0 Å². The van der Waals surface area contributed by atoms with Gasteiger partial charge in [0.2, 0.25) is 5.89 Å². The quantitative estimate of drug-likeness (QED) is 0.904. The minimum absolute atomic E-state index is 0.00825. The molecule has 2 unspecified atom stereocenters. The lowest BCUT2D eigenvalue weighted by Crippen LogP contribution is -2.36. The molecule has 3 heterocycles. The normalized spacial score (nSPS) is 21.7. The van der Waals surface area contributed by atoms with Crippen LogP contribution in [0.5, 0.6) is 0 Å². The number of hydrogen-bond donors (Lipinski definition) is 1. The first-order chi connectivity index (χ1) is 11.0. The van der Waals surface area contributed by atoms with Crippen molar-refractivity contribution in [2.24, 2.45) is 0 Å². The van der Waals surface area contributed by atoms with Gasteiger partial charge in [-0.15, -0.1) is 0 Å². The van der Waals surface area contributed by atoms with Crippen LogP contribution in [0.2, 0.25) is 0 Å². The Morgan fingerprint density at radius 2 is 2.26 bits per heavy atom. The maximum atomic E-state index is 12.2. The summed E-state index contributed by atoms with van der Waals surface area (Å²) in [6, 6.07) is 0.0241. The van der Waals surface area contributed by atoms with Gasteiger partial charge in [-0.05, 0) is 13.5 Å². The van der Waals surface area contributed by atoms with Crippen molar-refractivity contribution in [3.8, 4) is 0 Å². The third kappa shape index (κ3) is 3.37. The summed E-state index contributed by atoms with van der Waals surface area (Å²) in [5.74, 6) is 1.32. The number of amides is 1. The van der Waals surface area contributed by atoms with Crippen LogP contribution in [0.3, 0.4) is 0 Å². The second-order valence-electron chi connectivity index (χ2n) is 6.10. The number of likely N-dealkylation sites (N-methyl/N-ethyl adjacent to an activating group) is 1. The molecule has 0 bridgehead atoms. The fourth-order valence-corrected chi connectivity index (χ4v) is 2.69. The molecular formula is C15H20N6O2. The number of carbonyl (C=O) groups excluding carboxylic acids is 1. The minimum Gasteiger partial charge on any atom is -0.347 e. The maximum absolute atomic E-state index is 12.2. The molecule has 0 aliphatic carbocycles. The van der Waals surface area contributed by atoms with Gasteiger partial charge >= 0.3 is 0 Å². The Morgan fingerprint density at radius 1 is 1.43 bits per heavy atom. The van der Waals surface area contributed by atoms with Crippen molar-refractivity contribution in [3.63, 3.8) is 0 Å². The van der Waals surface area contributed by atoms with Gasteiger partial charge in [-0.25, -0.2) is 4.98 Å². The summed E-state index contributed by atoms with van der Waals surface area (Å²) >= 11 is 0. The van der Waals surface area contributed by atoms with Gasteiger partial charge in [-0.1, -0.05) is 19.0 Å². The third-order valence-electron chi connectivity index (χ3n) is 3.94. The molecule has 1 aliphatic rings. The first kappa shape index (κ1) is 15.5. The van der Waals surface area contributed by atoms with Crippen LogP contribution in [-0.2, 0) is 0 Å². The molecule has 0 aromatic carbocycles. The lowest BCUT2D eigenvalue weighted by Gasteiger charge is -2.14. The molecular weight excluding hydrogens is 296 g/mol. The summed E-state index contributed by atoms with van der Waals surface area (Å²) < 4.78 is 5.38. The van der Waals surface area contributed by atoms with E-state index in [9.17, 15) is 4.79 Å². The summed E-state index contributed by atoms with van der Waals surface area (Å²) in [7, 11) is 1.98. The molecule has 1 saturated heterocycles. The van der Waals surface area contributed by atoms with E-state index in [2.05, 4.69) is 30.3 Å². The SMILES string of the molecule is CC(C)c1noc(C2CC(NC(=O)c3cnccn3)CN2C)n1. The lowest BCUT2D eigenvalue weighted by molar-refractivity contribution is 0.0933. The van der Waals surface area contributed by atoms with Gasteiger partial charge in [0.15, 0.2) is 5.82 Å². The van der Waals surface area contributed by atoms with Crippen molar-refractivity contribution >= 4 is 5.91 Å². The maximum Gasteiger partial charge on any atom is 0.271 e. The highest BCUT2D eigenvalue weighted by Crippen LogP contribution is 2.30. The Labute approximate surface area is 134 Å². The number of nitrogens with one attached hydrogen (secondary N) is 1. The van der Waals surface area contributed by atoms with Gasteiger partial charge in [0.05, 0.1) is 12.2 Å². The van der Waals surface area contributed by atoms with Crippen molar-refractivity contribution in [2.75, 3.05) is 13.6 Å². The number of nitrogens with zero attached hydrogens (tertiary/aromatic N) is 5. The molecule has 1 amide bonds. The fraction of sp³-hybridized carbons (Fsp3) is 0.533. The predicted molar refractivity (Wildman–Crippen MR) is 81.7 cm³/mol. The molecule has 8 nitrogen and oxygen atoms in total. The van der Waals surface area contributed by atoms with Crippen molar-refractivity contribution in [2.45, 2.75) is 38.3 Å². The zero-order valence-corrected chi connectivity index (χ0v) is 13.4. The van der Waals surface area contributed by atoms with Gasteiger partial charge in [0, 0.05) is 30.9 Å². The topological polar surface area (TPSA) is 97.0 Å². The molecule has 1 N–H and O–H groups in total. The highest BCUT2D eigenvalue weighted by atomic mass is 16.5. The molecule has 2 aromatic heterocycles. The molecule has 0 saturated carbocycles. The van der Waals surface area contributed by atoms with Gasteiger partial charge in [0.1, 0.15) is 5.69 Å². The molecule has 122 valence electrons. The summed E-state index contributed by atoms with van der Waals surface area (Å²) in [6.45, 7) is 4.77. The van der Waals surface area contributed by atoms with E-state index in [1.54, 1.807) is 0 Å². The minimum atomic E-state index is -0.217. The van der Waals surface area contributed by atoms with E-state index in [0.29, 0.717) is 17.4 Å². The Bertz CT molecular complexity index is 672. The molecule has 3 rings (SSSR count). The van der Waals surface area contributed by atoms with Crippen LogP contribution in [0.4, 0.5) is 0 Å². The van der Waals surface area contributed by atoms with Gasteiger partial charge < -0.3 is 9.84 Å². The molecule has 23 heavy (non-hydrogen) atoms. The molecule has 2 atom stereocenters. The Balaban J connectivity index is 1.65. The van der Waals surface area contributed by atoms with Crippen LogP contribution in [0.1, 0.15) is 54.4 Å². The monoisotopic (exact) mass is 316 g/mol. The van der Waals surface area contributed by atoms with E-state index in [0.717, 1.165) is 13.0 Å². The van der Waals surface area contributed by atoms with Crippen LogP contribution in [-0.4, -0.2) is 50.5 Å². The second kappa shape index (κ2) is 6.41. The van der Waals surface area contributed by atoms with Crippen LogP contribution in [0.15, 0.2) is 23.1 Å². The lowest BCUT2D eigenvalue weighted by atomic mass is 10.1. The second-order valence-corrected chi connectivity index (χ2v) is 6.10. The van der Waals surface area contributed by atoms with Crippen LogP contribution in [0, 0.1) is 0 Å². The number of likely N-dealkylation sites (tertiary alicyclic amines) is 1. The molecule has 0 radical (unpaired) electrons. The predicted octanol–water partition coefficient (Wildman–Crippen LogP) is 1.16. The van der Waals surface area contributed by atoms with Gasteiger partial charge in [0.25, 0.3) is 5.91 Å². The number of hydrogen-bond acceptors (Lipinski definition) is 7. The summed E-state index contributed by atoms with van der Waals surface area (Å²) in [5, 5.41) is 6.99. The average molecular weight is 316 g/mol. The van der Waals surface area contributed by atoms with E-state index in [1.807, 2.05) is 20.9 Å². The van der Waals surface area contributed by atoms with E-state index < -0.39 is 0 Å². The number of rotatable bonds is 4. The van der Waals surface area contributed by atoms with Gasteiger partial charge in [-0.2, -0.15) is 4.98 Å². The number of carbonyl (C=O) groups is 1.